The van der Waals surface area contributed by atoms with Gasteiger partial charge in [-0.25, -0.2) is 4.39 Å². The van der Waals surface area contributed by atoms with Crippen molar-refractivity contribution in [3.05, 3.63) is 42.0 Å². The number of hydrogen-bond acceptors (Lipinski definition) is 2. The maximum absolute atomic E-state index is 13.7. The first-order valence-corrected chi connectivity index (χ1v) is 6.13. The molecule has 1 N–H and O–H groups in total. The zero-order valence-corrected chi connectivity index (χ0v) is 10.7. The zero-order valence-electron chi connectivity index (χ0n) is 10.7. The molecule has 1 aromatic heterocycles. The summed E-state index contributed by atoms with van der Waals surface area (Å²) in [6.45, 7) is 8.84. The standard InChI is InChI=1S/C14H21FN2/c1-4-9-16-13(8-7-11(2)3)14-12(15)6-5-10-17-14/h5-6,10,13,16H,2,4,7-9H2,1,3H3. The molecule has 0 radical (unpaired) electrons. The van der Waals surface area contributed by atoms with Crippen LogP contribution in [0.25, 0.3) is 0 Å². The van der Waals surface area contributed by atoms with E-state index in [9.17, 15) is 4.39 Å². The second kappa shape index (κ2) is 7.17. The Balaban J connectivity index is 2.74. The van der Waals surface area contributed by atoms with Gasteiger partial charge in [0.05, 0.1) is 11.7 Å². The normalized spacial score (nSPS) is 12.4. The van der Waals surface area contributed by atoms with Crippen LogP contribution in [0.2, 0.25) is 0 Å². The molecule has 0 bridgehead atoms. The predicted molar refractivity (Wildman–Crippen MR) is 69.3 cm³/mol. The van der Waals surface area contributed by atoms with Gasteiger partial charge in [0, 0.05) is 6.20 Å². The molecule has 1 rings (SSSR count). The molecular formula is C14H21FN2. The SMILES string of the molecule is C=C(C)CCC(NCCC)c1ncccc1F. The van der Waals surface area contributed by atoms with Gasteiger partial charge in [0.1, 0.15) is 5.82 Å². The van der Waals surface area contributed by atoms with Crippen molar-refractivity contribution in [3.8, 4) is 0 Å². The van der Waals surface area contributed by atoms with Crippen LogP contribution in [0.1, 0.15) is 44.8 Å². The van der Waals surface area contributed by atoms with E-state index in [1.807, 2.05) is 6.92 Å². The van der Waals surface area contributed by atoms with Crippen LogP contribution in [0.3, 0.4) is 0 Å². The summed E-state index contributed by atoms with van der Waals surface area (Å²) in [5.41, 5.74) is 1.63. The fourth-order valence-corrected chi connectivity index (χ4v) is 1.70. The lowest BCUT2D eigenvalue weighted by molar-refractivity contribution is 0.460. The Bertz CT molecular complexity index is 363. The van der Waals surface area contributed by atoms with Crippen molar-refractivity contribution in [2.45, 2.75) is 39.2 Å². The molecule has 1 unspecified atom stereocenters. The third-order valence-electron chi connectivity index (χ3n) is 2.62. The van der Waals surface area contributed by atoms with Gasteiger partial charge in [-0.1, -0.05) is 12.5 Å². The first kappa shape index (κ1) is 13.8. The molecule has 3 heteroatoms. The van der Waals surface area contributed by atoms with Crippen LogP contribution in [-0.4, -0.2) is 11.5 Å². The van der Waals surface area contributed by atoms with E-state index in [0.29, 0.717) is 5.69 Å². The molecule has 2 nitrogen and oxygen atoms in total. The zero-order chi connectivity index (χ0) is 12.7. The summed E-state index contributed by atoms with van der Waals surface area (Å²) in [5.74, 6) is -0.234. The van der Waals surface area contributed by atoms with Crippen LogP contribution in [0, 0.1) is 5.82 Å². The summed E-state index contributed by atoms with van der Waals surface area (Å²) < 4.78 is 13.7. The van der Waals surface area contributed by atoms with Crippen molar-refractivity contribution in [1.29, 1.82) is 0 Å². The second-order valence-corrected chi connectivity index (χ2v) is 4.37. The topological polar surface area (TPSA) is 24.9 Å². The van der Waals surface area contributed by atoms with Gasteiger partial charge in [0.25, 0.3) is 0 Å². The van der Waals surface area contributed by atoms with Crippen molar-refractivity contribution >= 4 is 0 Å². The lowest BCUT2D eigenvalue weighted by Gasteiger charge is -2.18. The second-order valence-electron chi connectivity index (χ2n) is 4.37. The van der Waals surface area contributed by atoms with E-state index >= 15 is 0 Å². The Morgan fingerprint density at radius 1 is 1.59 bits per heavy atom. The lowest BCUT2D eigenvalue weighted by Crippen LogP contribution is -2.24. The van der Waals surface area contributed by atoms with E-state index in [1.165, 1.54) is 6.07 Å². The van der Waals surface area contributed by atoms with Gasteiger partial charge >= 0.3 is 0 Å². The quantitative estimate of drug-likeness (QED) is 0.731. The molecule has 0 aliphatic rings. The predicted octanol–water partition coefficient (Wildman–Crippen LogP) is 3.62. The average molecular weight is 236 g/mol. The van der Waals surface area contributed by atoms with Crippen LogP contribution in [0.5, 0.6) is 0 Å². The van der Waals surface area contributed by atoms with Crippen molar-refractivity contribution < 1.29 is 4.39 Å². The first-order valence-electron chi connectivity index (χ1n) is 6.13. The van der Waals surface area contributed by atoms with Gasteiger partial charge in [-0.15, -0.1) is 6.58 Å². The van der Waals surface area contributed by atoms with Crippen LogP contribution in [-0.2, 0) is 0 Å². The minimum Gasteiger partial charge on any atom is -0.309 e. The summed E-state index contributed by atoms with van der Waals surface area (Å²) in [4.78, 5) is 4.14. The highest BCUT2D eigenvalue weighted by molar-refractivity contribution is 5.12. The summed E-state index contributed by atoms with van der Waals surface area (Å²) in [5, 5.41) is 3.34. The number of rotatable bonds is 7. The van der Waals surface area contributed by atoms with E-state index in [1.54, 1.807) is 12.3 Å². The Hall–Kier alpha value is -1.22. The van der Waals surface area contributed by atoms with Crippen LogP contribution < -0.4 is 5.32 Å². The highest BCUT2D eigenvalue weighted by Gasteiger charge is 2.15. The molecule has 0 aliphatic carbocycles. The van der Waals surface area contributed by atoms with Gasteiger partial charge < -0.3 is 5.32 Å². The monoisotopic (exact) mass is 236 g/mol. The average Bonchev–Trinajstić information content (AvgIpc) is 2.30. The molecular weight excluding hydrogens is 215 g/mol. The molecule has 1 atom stereocenters. The molecule has 0 fully saturated rings. The minimum absolute atomic E-state index is 0.0205. The number of nitrogens with zero attached hydrogens (tertiary/aromatic N) is 1. The highest BCUT2D eigenvalue weighted by Crippen LogP contribution is 2.20. The number of halogens is 1. The fourth-order valence-electron chi connectivity index (χ4n) is 1.70. The minimum atomic E-state index is -0.234. The highest BCUT2D eigenvalue weighted by atomic mass is 19.1. The molecule has 17 heavy (non-hydrogen) atoms. The number of hydrogen-bond donors (Lipinski definition) is 1. The molecule has 1 heterocycles. The van der Waals surface area contributed by atoms with E-state index in [4.69, 9.17) is 0 Å². The summed E-state index contributed by atoms with van der Waals surface area (Å²) in [6, 6.07) is 3.06. The molecule has 0 saturated heterocycles. The maximum Gasteiger partial charge on any atom is 0.146 e. The van der Waals surface area contributed by atoms with E-state index in [2.05, 4.69) is 23.8 Å². The van der Waals surface area contributed by atoms with Crippen LogP contribution in [0.15, 0.2) is 30.5 Å². The summed E-state index contributed by atoms with van der Waals surface area (Å²) in [6.07, 6.45) is 4.39. The van der Waals surface area contributed by atoms with Crippen molar-refractivity contribution in [1.82, 2.24) is 10.3 Å². The Kier molecular flexibility index (Phi) is 5.84. The Morgan fingerprint density at radius 2 is 2.35 bits per heavy atom. The summed E-state index contributed by atoms with van der Waals surface area (Å²) >= 11 is 0. The van der Waals surface area contributed by atoms with Crippen molar-refractivity contribution in [3.63, 3.8) is 0 Å². The van der Waals surface area contributed by atoms with E-state index in [-0.39, 0.29) is 11.9 Å². The van der Waals surface area contributed by atoms with Crippen molar-refractivity contribution in [2.75, 3.05) is 6.54 Å². The molecule has 94 valence electrons. The van der Waals surface area contributed by atoms with E-state index < -0.39 is 0 Å². The number of nitrogens with one attached hydrogen (secondary N) is 1. The van der Waals surface area contributed by atoms with Gasteiger partial charge in [-0.3, -0.25) is 4.98 Å². The largest absolute Gasteiger partial charge is 0.309 e. The van der Waals surface area contributed by atoms with Gasteiger partial charge in [0.2, 0.25) is 0 Å². The van der Waals surface area contributed by atoms with E-state index in [0.717, 1.165) is 31.4 Å². The molecule has 1 aromatic rings. The van der Waals surface area contributed by atoms with Crippen LogP contribution in [0.4, 0.5) is 4.39 Å². The molecule has 0 aromatic carbocycles. The fraction of sp³-hybridized carbons (Fsp3) is 0.500. The van der Waals surface area contributed by atoms with Crippen molar-refractivity contribution in [2.24, 2.45) is 0 Å². The molecule has 0 aliphatic heterocycles. The summed E-state index contributed by atoms with van der Waals surface area (Å²) in [7, 11) is 0. The molecule has 0 saturated carbocycles. The third-order valence-corrected chi connectivity index (χ3v) is 2.62. The lowest BCUT2D eigenvalue weighted by atomic mass is 10.0. The van der Waals surface area contributed by atoms with Gasteiger partial charge in [-0.05, 0) is 44.9 Å². The maximum atomic E-state index is 13.7. The molecule has 0 amide bonds. The van der Waals surface area contributed by atoms with Crippen LogP contribution >= 0.6 is 0 Å². The Morgan fingerprint density at radius 3 is 2.94 bits per heavy atom. The Labute approximate surface area is 103 Å². The molecule has 0 spiro atoms. The third kappa shape index (κ3) is 4.65. The number of allylic oxidation sites excluding steroid dienone is 1. The van der Waals surface area contributed by atoms with Gasteiger partial charge in [-0.2, -0.15) is 0 Å². The van der Waals surface area contributed by atoms with Gasteiger partial charge in [0.15, 0.2) is 0 Å². The smallest absolute Gasteiger partial charge is 0.146 e. The number of aromatic nitrogens is 1. The first-order chi connectivity index (χ1) is 8.15. The number of pyridine rings is 1.